The van der Waals surface area contributed by atoms with E-state index in [1.165, 1.54) is 7.11 Å². The Morgan fingerprint density at radius 1 is 1.00 bits per heavy atom. The molecule has 7 heteroatoms. The molecule has 2 heterocycles. The Bertz CT molecular complexity index is 1320. The highest BCUT2D eigenvalue weighted by atomic mass is 79.9. The SMILES string of the molecule is COC(=O)C1=C(C)N(c2ccc(Br)cc2)C(=O)/C1=C\c1cc(C)n(-c2ccc(Cl)cc2)c1C. The van der Waals surface area contributed by atoms with Crippen LogP contribution in [0.1, 0.15) is 23.9 Å². The molecule has 1 aliphatic heterocycles. The van der Waals surface area contributed by atoms with Gasteiger partial charge in [-0.15, -0.1) is 0 Å². The van der Waals surface area contributed by atoms with E-state index in [2.05, 4.69) is 20.5 Å². The quantitative estimate of drug-likeness (QED) is 0.293. The summed E-state index contributed by atoms with van der Waals surface area (Å²) < 4.78 is 8.01. The van der Waals surface area contributed by atoms with E-state index in [0.717, 1.165) is 27.1 Å². The van der Waals surface area contributed by atoms with Crippen molar-refractivity contribution in [2.75, 3.05) is 12.0 Å². The monoisotopic (exact) mass is 524 g/mol. The number of hydrogen-bond donors (Lipinski definition) is 0. The number of rotatable bonds is 4. The van der Waals surface area contributed by atoms with Gasteiger partial charge in [0.1, 0.15) is 0 Å². The Morgan fingerprint density at radius 3 is 2.21 bits per heavy atom. The molecule has 3 aromatic rings. The Hall–Kier alpha value is -3.09. The predicted octanol–water partition coefficient (Wildman–Crippen LogP) is 6.39. The molecule has 4 rings (SSSR count). The molecule has 0 atom stereocenters. The van der Waals surface area contributed by atoms with E-state index < -0.39 is 5.97 Å². The van der Waals surface area contributed by atoms with Gasteiger partial charge in [0.15, 0.2) is 0 Å². The number of benzene rings is 2. The average Bonchev–Trinajstić information content (AvgIpc) is 3.21. The molecule has 1 amide bonds. The third-order valence-corrected chi connectivity index (χ3v) is 6.51. The molecule has 5 nitrogen and oxygen atoms in total. The van der Waals surface area contributed by atoms with Gasteiger partial charge >= 0.3 is 5.97 Å². The molecule has 0 spiro atoms. The summed E-state index contributed by atoms with van der Waals surface area (Å²) in [7, 11) is 1.32. The minimum Gasteiger partial charge on any atom is -0.465 e. The van der Waals surface area contributed by atoms with Gasteiger partial charge in [-0.25, -0.2) is 4.79 Å². The zero-order chi connectivity index (χ0) is 23.9. The van der Waals surface area contributed by atoms with Crippen LogP contribution in [0.5, 0.6) is 0 Å². The average molecular weight is 526 g/mol. The number of carbonyl (C=O) groups excluding carboxylic acids is 2. The number of ether oxygens (including phenoxy) is 1. The summed E-state index contributed by atoms with van der Waals surface area (Å²) in [5.74, 6) is -0.815. The molecule has 33 heavy (non-hydrogen) atoms. The lowest BCUT2D eigenvalue weighted by atomic mass is 10.0. The maximum absolute atomic E-state index is 13.5. The smallest absolute Gasteiger partial charge is 0.340 e. The fraction of sp³-hybridized carbons (Fsp3) is 0.154. The molecule has 1 aliphatic rings. The number of carbonyl (C=O) groups is 2. The number of hydrogen-bond acceptors (Lipinski definition) is 3. The van der Waals surface area contributed by atoms with Gasteiger partial charge in [0, 0.05) is 38.0 Å². The number of esters is 1. The Labute approximate surface area is 206 Å². The van der Waals surface area contributed by atoms with Crippen molar-refractivity contribution in [3.63, 3.8) is 0 Å². The number of methoxy groups -OCH3 is 1. The molecule has 2 aromatic carbocycles. The first-order chi connectivity index (χ1) is 15.7. The van der Waals surface area contributed by atoms with Crippen LogP contribution in [0.4, 0.5) is 5.69 Å². The maximum Gasteiger partial charge on any atom is 0.340 e. The molecule has 0 radical (unpaired) electrons. The van der Waals surface area contributed by atoms with Gasteiger partial charge in [-0.2, -0.15) is 0 Å². The van der Waals surface area contributed by atoms with Crippen LogP contribution < -0.4 is 4.90 Å². The molecule has 168 valence electrons. The van der Waals surface area contributed by atoms with Crippen LogP contribution >= 0.6 is 27.5 Å². The molecule has 0 saturated carbocycles. The van der Waals surface area contributed by atoms with Crippen LogP contribution in [0, 0.1) is 13.8 Å². The number of aryl methyl sites for hydroxylation is 1. The van der Waals surface area contributed by atoms with E-state index in [1.807, 2.05) is 68.4 Å². The highest BCUT2D eigenvalue weighted by molar-refractivity contribution is 9.10. The summed E-state index contributed by atoms with van der Waals surface area (Å²) >= 11 is 9.46. The van der Waals surface area contributed by atoms with Gasteiger partial charge < -0.3 is 9.30 Å². The summed E-state index contributed by atoms with van der Waals surface area (Å²) in [6.07, 6.45) is 1.77. The standard InChI is InChI=1S/C26H22BrClN2O3/c1-15-13-18(16(2)29(15)21-11-7-20(28)8-12-21)14-23-24(26(32)33-4)17(3)30(25(23)31)22-9-5-19(27)6-10-22/h5-14H,1-4H3/b23-14-. The van der Waals surface area contributed by atoms with Crippen molar-refractivity contribution >= 4 is 51.2 Å². The lowest BCUT2D eigenvalue weighted by molar-refractivity contribution is -0.136. The molecule has 0 fully saturated rings. The van der Waals surface area contributed by atoms with Crippen molar-refractivity contribution in [3.05, 3.63) is 97.9 Å². The molecular formula is C26H22BrClN2O3. The lowest BCUT2D eigenvalue weighted by Crippen LogP contribution is -2.24. The van der Waals surface area contributed by atoms with Gasteiger partial charge in [-0.1, -0.05) is 27.5 Å². The second kappa shape index (κ2) is 9.04. The first-order valence-corrected chi connectivity index (χ1v) is 11.5. The van der Waals surface area contributed by atoms with E-state index in [-0.39, 0.29) is 11.5 Å². The number of nitrogens with zero attached hydrogens (tertiary/aromatic N) is 2. The van der Waals surface area contributed by atoms with Crippen LogP contribution in [0.2, 0.25) is 5.02 Å². The highest BCUT2D eigenvalue weighted by Gasteiger charge is 2.38. The van der Waals surface area contributed by atoms with E-state index >= 15 is 0 Å². The van der Waals surface area contributed by atoms with Crippen molar-refractivity contribution < 1.29 is 14.3 Å². The van der Waals surface area contributed by atoms with Crippen LogP contribution in [0.25, 0.3) is 11.8 Å². The molecular weight excluding hydrogens is 504 g/mol. The van der Waals surface area contributed by atoms with Gasteiger partial charge in [0.2, 0.25) is 0 Å². The predicted molar refractivity (Wildman–Crippen MR) is 135 cm³/mol. The third kappa shape index (κ3) is 4.16. The topological polar surface area (TPSA) is 51.5 Å². The maximum atomic E-state index is 13.5. The molecule has 0 bridgehead atoms. The number of halogens is 2. The molecule has 1 aromatic heterocycles. The van der Waals surface area contributed by atoms with Crippen molar-refractivity contribution in [2.45, 2.75) is 20.8 Å². The Morgan fingerprint density at radius 2 is 1.61 bits per heavy atom. The Kier molecular flexibility index (Phi) is 6.32. The fourth-order valence-corrected chi connectivity index (χ4v) is 4.55. The van der Waals surface area contributed by atoms with Crippen LogP contribution in [-0.2, 0) is 14.3 Å². The zero-order valence-electron chi connectivity index (χ0n) is 18.6. The van der Waals surface area contributed by atoms with Crippen molar-refractivity contribution in [2.24, 2.45) is 0 Å². The summed E-state index contributed by atoms with van der Waals surface area (Å²) in [4.78, 5) is 27.8. The lowest BCUT2D eigenvalue weighted by Gasteiger charge is -2.18. The van der Waals surface area contributed by atoms with Crippen molar-refractivity contribution in [3.8, 4) is 5.69 Å². The second-order valence-corrected chi connectivity index (χ2v) is 9.12. The van der Waals surface area contributed by atoms with Crippen LogP contribution in [-0.4, -0.2) is 23.6 Å². The van der Waals surface area contributed by atoms with E-state index in [1.54, 1.807) is 17.9 Å². The molecule has 0 aliphatic carbocycles. The number of amides is 1. The minimum absolute atomic E-state index is 0.265. The first kappa shape index (κ1) is 23.1. The number of allylic oxidation sites excluding steroid dienone is 1. The van der Waals surface area contributed by atoms with Crippen molar-refractivity contribution in [1.29, 1.82) is 0 Å². The zero-order valence-corrected chi connectivity index (χ0v) is 21.0. The summed E-state index contributed by atoms with van der Waals surface area (Å²) in [6, 6.07) is 16.9. The molecule has 0 N–H and O–H groups in total. The minimum atomic E-state index is -0.543. The van der Waals surface area contributed by atoms with Gasteiger partial charge in [0.25, 0.3) is 5.91 Å². The normalized spacial score (nSPS) is 15.0. The first-order valence-electron chi connectivity index (χ1n) is 10.3. The summed E-state index contributed by atoms with van der Waals surface area (Å²) in [5.41, 5.74) is 5.53. The summed E-state index contributed by atoms with van der Waals surface area (Å²) in [6.45, 7) is 5.73. The highest BCUT2D eigenvalue weighted by Crippen LogP contribution is 2.36. The van der Waals surface area contributed by atoms with Crippen LogP contribution in [0.3, 0.4) is 0 Å². The van der Waals surface area contributed by atoms with Gasteiger partial charge in [-0.05, 0) is 87.0 Å². The van der Waals surface area contributed by atoms with E-state index in [4.69, 9.17) is 16.3 Å². The number of anilines is 1. The van der Waals surface area contributed by atoms with Gasteiger partial charge in [0.05, 0.1) is 18.3 Å². The number of aromatic nitrogens is 1. The van der Waals surface area contributed by atoms with Crippen LogP contribution in [0.15, 0.2) is 75.9 Å². The largest absolute Gasteiger partial charge is 0.465 e. The van der Waals surface area contributed by atoms with E-state index in [9.17, 15) is 9.59 Å². The molecule has 0 unspecified atom stereocenters. The van der Waals surface area contributed by atoms with Crippen molar-refractivity contribution in [1.82, 2.24) is 4.57 Å². The Balaban J connectivity index is 1.84. The third-order valence-electron chi connectivity index (χ3n) is 5.73. The van der Waals surface area contributed by atoms with E-state index in [0.29, 0.717) is 22.0 Å². The molecule has 0 saturated heterocycles. The van der Waals surface area contributed by atoms with Gasteiger partial charge in [-0.3, -0.25) is 9.69 Å². The second-order valence-electron chi connectivity index (χ2n) is 7.77. The fourth-order valence-electron chi connectivity index (χ4n) is 4.16. The summed E-state index contributed by atoms with van der Waals surface area (Å²) in [5, 5.41) is 0.663.